The maximum absolute atomic E-state index is 11.4. The number of epoxide rings is 2. The van der Waals surface area contributed by atoms with Crippen LogP contribution < -0.4 is 11.0 Å². The second kappa shape index (κ2) is 7.90. The first-order valence-corrected chi connectivity index (χ1v) is 7.63. The monoisotopic (exact) mass is 354 g/mol. The molecule has 0 bridgehead atoms. The molecule has 25 heavy (non-hydrogen) atoms. The summed E-state index contributed by atoms with van der Waals surface area (Å²) in [7, 11) is 0. The summed E-state index contributed by atoms with van der Waals surface area (Å²) in [4.78, 5) is 32.3. The highest BCUT2D eigenvalue weighted by Gasteiger charge is 2.25. The summed E-state index contributed by atoms with van der Waals surface area (Å²) in [6.07, 6.45) is -1.81. The lowest BCUT2D eigenvalue weighted by Crippen LogP contribution is -2.16. The molecule has 2 aliphatic heterocycles. The summed E-state index contributed by atoms with van der Waals surface area (Å²) in [6, 6.07) is 5.01. The van der Waals surface area contributed by atoms with Crippen LogP contribution in [0.3, 0.4) is 0 Å². The molecule has 0 spiro atoms. The number of aryl methyl sites for hydroxylation is 1. The van der Waals surface area contributed by atoms with Crippen molar-refractivity contribution in [3.8, 4) is 0 Å². The molecule has 136 valence electrons. The zero-order valence-corrected chi connectivity index (χ0v) is 13.5. The van der Waals surface area contributed by atoms with E-state index >= 15 is 0 Å². The van der Waals surface area contributed by atoms with Gasteiger partial charge >= 0.3 is 12.3 Å². The molecule has 2 atom stereocenters. The Kier molecular flexibility index (Phi) is 5.41. The van der Waals surface area contributed by atoms with E-state index in [0.29, 0.717) is 24.6 Å². The van der Waals surface area contributed by atoms with Gasteiger partial charge in [-0.3, -0.25) is 0 Å². The molecule has 10 heteroatoms. The number of nitrogens with one attached hydrogen (secondary N) is 2. The maximum Gasteiger partial charge on any atom is 0.533 e. The number of anilines is 2. The molecular weight excluding hydrogens is 336 g/mol. The van der Waals surface area contributed by atoms with Crippen LogP contribution >= 0.6 is 0 Å². The molecule has 0 saturated carbocycles. The average molecular weight is 354 g/mol. The highest BCUT2D eigenvalue weighted by molar-refractivity contribution is 5.66. The van der Waals surface area contributed by atoms with Crippen LogP contribution in [0.5, 0.6) is 0 Å². The van der Waals surface area contributed by atoms with E-state index < -0.39 is 12.3 Å². The Balaban J connectivity index is 1.42. The number of benzene rings is 1. The minimum Gasteiger partial charge on any atom is -0.430 e. The van der Waals surface area contributed by atoms with Crippen LogP contribution in [0.15, 0.2) is 18.2 Å². The van der Waals surface area contributed by atoms with Crippen LogP contribution in [-0.2, 0) is 28.6 Å². The van der Waals surface area contributed by atoms with Gasteiger partial charge in [0, 0.05) is 0 Å². The number of rotatable bonds is 8. The van der Waals surface area contributed by atoms with Crippen molar-refractivity contribution < 1.29 is 38.2 Å². The number of carbonyl (C=O) groups is 2. The second-order valence-corrected chi connectivity index (χ2v) is 5.47. The summed E-state index contributed by atoms with van der Waals surface area (Å²) < 4.78 is 19.5. The standard InChI is InChI=1S/C15H18N2O8/c1-9-2-3-10(16-24-14(18)22-7-11-5-20-11)4-13(9)17-25-15(19)23-8-12-6-21-12/h2-4,11-12,16-17H,5-8H2,1H3. The van der Waals surface area contributed by atoms with Gasteiger partial charge in [0.05, 0.1) is 24.6 Å². The zero-order valence-electron chi connectivity index (χ0n) is 13.5. The third kappa shape index (κ3) is 6.01. The van der Waals surface area contributed by atoms with Crippen molar-refractivity contribution in [2.75, 3.05) is 37.4 Å². The zero-order chi connectivity index (χ0) is 17.6. The summed E-state index contributed by atoms with van der Waals surface area (Å²) in [5, 5.41) is 0. The van der Waals surface area contributed by atoms with Crippen LogP contribution in [0.1, 0.15) is 5.56 Å². The predicted octanol–water partition coefficient (Wildman–Crippen LogP) is 1.75. The second-order valence-electron chi connectivity index (χ2n) is 5.47. The van der Waals surface area contributed by atoms with Crippen LogP contribution in [0, 0.1) is 6.92 Å². The predicted molar refractivity (Wildman–Crippen MR) is 82.8 cm³/mol. The van der Waals surface area contributed by atoms with Crippen molar-refractivity contribution in [2.45, 2.75) is 19.1 Å². The van der Waals surface area contributed by atoms with E-state index in [-0.39, 0.29) is 25.4 Å². The van der Waals surface area contributed by atoms with Crippen LogP contribution in [0.2, 0.25) is 0 Å². The average Bonchev–Trinajstić information content (AvgIpc) is 3.50. The fourth-order valence-corrected chi connectivity index (χ4v) is 1.70. The summed E-state index contributed by atoms with van der Waals surface area (Å²) in [5.74, 6) is 0. The lowest BCUT2D eigenvalue weighted by molar-refractivity contribution is 0.0659. The molecule has 1 aromatic carbocycles. The lowest BCUT2D eigenvalue weighted by Gasteiger charge is -2.12. The molecule has 2 saturated heterocycles. The van der Waals surface area contributed by atoms with Gasteiger partial charge < -0.3 is 28.6 Å². The van der Waals surface area contributed by atoms with Gasteiger partial charge in [-0.1, -0.05) is 6.07 Å². The first kappa shape index (κ1) is 17.1. The Hall–Kier alpha value is -2.72. The van der Waals surface area contributed by atoms with Gasteiger partial charge in [0.15, 0.2) is 0 Å². The molecule has 2 heterocycles. The van der Waals surface area contributed by atoms with Gasteiger partial charge in [-0.2, -0.15) is 0 Å². The molecule has 10 nitrogen and oxygen atoms in total. The van der Waals surface area contributed by atoms with E-state index in [1.54, 1.807) is 18.2 Å². The Morgan fingerprint density at radius 3 is 2.16 bits per heavy atom. The fraction of sp³-hybridized carbons (Fsp3) is 0.467. The quantitative estimate of drug-likeness (QED) is 0.406. The Morgan fingerprint density at radius 2 is 1.60 bits per heavy atom. The lowest BCUT2D eigenvalue weighted by atomic mass is 10.2. The van der Waals surface area contributed by atoms with Crippen molar-refractivity contribution in [2.24, 2.45) is 0 Å². The highest BCUT2D eigenvalue weighted by atomic mass is 16.8. The van der Waals surface area contributed by atoms with Gasteiger partial charge in [-0.25, -0.2) is 20.5 Å². The van der Waals surface area contributed by atoms with Crippen molar-refractivity contribution >= 4 is 23.7 Å². The molecule has 0 amide bonds. The fourth-order valence-electron chi connectivity index (χ4n) is 1.70. The SMILES string of the molecule is Cc1ccc(NOC(=O)OCC2CO2)cc1NOC(=O)OCC1CO1. The van der Waals surface area contributed by atoms with Crippen LogP contribution in [0.4, 0.5) is 21.0 Å². The molecule has 1 aromatic rings. The smallest absolute Gasteiger partial charge is 0.430 e. The van der Waals surface area contributed by atoms with Crippen molar-refractivity contribution in [3.63, 3.8) is 0 Å². The summed E-state index contributed by atoms with van der Waals surface area (Å²) in [5.41, 5.74) is 6.69. The van der Waals surface area contributed by atoms with E-state index in [1.165, 1.54) is 0 Å². The topological polar surface area (TPSA) is 120 Å². The van der Waals surface area contributed by atoms with E-state index in [9.17, 15) is 9.59 Å². The van der Waals surface area contributed by atoms with Gasteiger partial charge in [-0.15, -0.1) is 0 Å². The first-order chi connectivity index (χ1) is 12.1. The number of ether oxygens (including phenoxy) is 4. The van der Waals surface area contributed by atoms with Crippen LogP contribution in [0.25, 0.3) is 0 Å². The van der Waals surface area contributed by atoms with E-state index in [4.69, 9.17) is 28.6 Å². The van der Waals surface area contributed by atoms with Gasteiger partial charge in [0.2, 0.25) is 0 Å². The minimum atomic E-state index is -0.868. The number of hydrogen-bond donors (Lipinski definition) is 2. The summed E-state index contributed by atoms with van der Waals surface area (Å²) in [6.45, 7) is 3.29. The molecule has 2 unspecified atom stereocenters. The van der Waals surface area contributed by atoms with Gasteiger partial charge in [0.25, 0.3) is 0 Å². The molecule has 0 aliphatic carbocycles. The molecule has 2 fully saturated rings. The van der Waals surface area contributed by atoms with E-state index in [1.807, 2.05) is 6.92 Å². The normalized spacial score (nSPS) is 20.2. The maximum atomic E-state index is 11.4. The van der Waals surface area contributed by atoms with Gasteiger partial charge in [-0.05, 0) is 24.6 Å². The van der Waals surface area contributed by atoms with Crippen LogP contribution in [-0.4, -0.2) is 50.9 Å². The number of hydrogen-bond acceptors (Lipinski definition) is 10. The van der Waals surface area contributed by atoms with Gasteiger partial charge in [0.1, 0.15) is 25.4 Å². The Bertz CT molecular complexity index is 630. The van der Waals surface area contributed by atoms with Crippen molar-refractivity contribution in [3.05, 3.63) is 23.8 Å². The van der Waals surface area contributed by atoms with E-state index in [0.717, 1.165) is 5.56 Å². The molecular formula is C15H18N2O8. The number of carbonyl (C=O) groups excluding carboxylic acids is 2. The van der Waals surface area contributed by atoms with E-state index in [2.05, 4.69) is 11.0 Å². The van der Waals surface area contributed by atoms with Crippen molar-refractivity contribution in [1.29, 1.82) is 0 Å². The third-order valence-electron chi connectivity index (χ3n) is 3.31. The minimum absolute atomic E-state index is 0.0360. The molecule has 0 radical (unpaired) electrons. The molecule has 0 aromatic heterocycles. The Labute approximate surface area is 143 Å². The molecule has 3 rings (SSSR count). The third-order valence-corrected chi connectivity index (χ3v) is 3.31. The molecule has 2 N–H and O–H groups in total. The Morgan fingerprint density at radius 1 is 1.04 bits per heavy atom. The molecule has 2 aliphatic rings. The van der Waals surface area contributed by atoms with Crippen molar-refractivity contribution in [1.82, 2.24) is 0 Å². The highest BCUT2D eigenvalue weighted by Crippen LogP contribution is 2.21. The largest absolute Gasteiger partial charge is 0.533 e. The summed E-state index contributed by atoms with van der Waals surface area (Å²) >= 11 is 0. The first-order valence-electron chi connectivity index (χ1n) is 7.63.